The molecular formula is C26H26. The molecule has 2 aromatic rings. The van der Waals surface area contributed by atoms with E-state index in [-0.39, 0.29) is 0 Å². The van der Waals surface area contributed by atoms with Crippen molar-refractivity contribution < 1.29 is 0 Å². The number of allylic oxidation sites excluding steroid dienone is 2. The molecule has 0 nitrogen and oxygen atoms in total. The molecule has 0 spiro atoms. The maximum absolute atomic E-state index is 3.36. The molecule has 0 N–H and O–H groups in total. The van der Waals surface area contributed by atoms with Gasteiger partial charge < -0.3 is 0 Å². The first-order chi connectivity index (χ1) is 12.5. The topological polar surface area (TPSA) is 0 Å². The van der Waals surface area contributed by atoms with E-state index >= 15 is 0 Å². The van der Waals surface area contributed by atoms with Gasteiger partial charge in [0.15, 0.2) is 0 Å². The summed E-state index contributed by atoms with van der Waals surface area (Å²) in [6.07, 6.45) is 5.85. The van der Waals surface area contributed by atoms with Crippen molar-refractivity contribution in [1.29, 1.82) is 0 Å². The second kappa shape index (κ2) is 8.12. The van der Waals surface area contributed by atoms with Gasteiger partial charge in [-0.05, 0) is 72.6 Å². The van der Waals surface area contributed by atoms with Gasteiger partial charge in [-0.3, -0.25) is 0 Å². The molecule has 0 fully saturated rings. The first kappa shape index (κ1) is 18.1. The molecule has 0 heterocycles. The first-order valence-corrected chi connectivity index (χ1v) is 9.39. The quantitative estimate of drug-likeness (QED) is 0.501. The molecule has 3 rings (SSSR count). The zero-order valence-electron chi connectivity index (χ0n) is 16.0. The fourth-order valence-corrected chi connectivity index (χ4v) is 3.19. The predicted molar refractivity (Wildman–Crippen MR) is 111 cm³/mol. The van der Waals surface area contributed by atoms with E-state index < -0.39 is 0 Å². The van der Waals surface area contributed by atoms with Gasteiger partial charge in [0.1, 0.15) is 0 Å². The van der Waals surface area contributed by atoms with Crippen LogP contribution in [0.4, 0.5) is 0 Å². The number of benzene rings is 2. The smallest absolute Gasteiger partial charge is 0.0249 e. The molecule has 0 aromatic heterocycles. The van der Waals surface area contributed by atoms with Gasteiger partial charge in [0.2, 0.25) is 0 Å². The van der Waals surface area contributed by atoms with Gasteiger partial charge in [-0.25, -0.2) is 0 Å². The summed E-state index contributed by atoms with van der Waals surface area (Å²) in [5, 5.41) is 0. The van der Waals surface area contributed by atoms with E-state index in [1.807, 2.05) is 42.5 Å². The molecular weight excluding hydrogens is 312 g/mol. The lowest BCUT2D eigenvalue weighted by molar-refractivity contribution is 0.222. The van der Waals surface area contributed by atoms with Crippen molar-refractivity contribution in [1.82, 2.24) is 0 Å². The van der Waals surface area contributed by atoms with Crippen LogP contribution in [0.2, 0.25) is 0 Å². The van der Waals surface area contributed by atoms with Crippen LogP contribution in [0, 0.1) is 35.0 Å². The summed E-state index contributed by atoms with van der Waals surface area (Å²) in [5.41, 5.74) is 4.79. The summed E-state index contributed by atoms with van der Waals surface area (Å²) >= 11 is 0. The van der Waals surface area contributed by atoms with Crippen molar-refractivity contribution in [2.24, 2.45) is 11.3 Å². The minimum Gasteiger partial charge on any atom is -0.0726 e. The maximum Gasteiger partial charge on any atom is 0.0249 e. The number of hydrogen-bond donors (Lipinski definition) is 0. The summed E-state index contributed by atoms with van der Waals surface area (Å²) in [5.74, 6) is 13.8. The average Bonchev–Trinajstić information content (AvgIpc) is 2.66. The Morgan fingerprint density at radius 2 is 1.27 bits per heavy atom. The van der Waals surface area contributed by atoms with E-state index in [4.69, 9.17) is 0 Å². The Bertz CT molecular complexity index is 882. The minimum absolute atomic E-state index is 0.395. The van der Waals surface area contributed by atoms with Crippen molar-refractivity contribution in [2.45, 2.75) is 40.0 Å². The zero-order valence-corrected chi connectivity index (χ0v) is 16.0. The number of rotatable bonds is 0. The number of hydrogen-bond acceptors (Lipinski definition) is 0. The summed E-state index contributed by atoms with van der Waals surface area (Å²) < 4.78 is 0. The van der Waals surface area contributed by atoms with Crippen LogP contribution in [0.25, 0.3) is 0 Å². The summed E-state index contributed by atoms with van der Waals surface area (Å²) in [6.45, 7) is 7.01. The molecule has 0 aliphatic heterocycles. The molecule has 1 aliphatic carbocycles. The van der Waals surface area contributed by atoms with E-state index in [1.54, 1.807) is 0 Å². The Morgan fingerprint density at radius 3 is 1.77 bits per heavy atom. The monoisotopic (exact) mass is 338 g/mol. The highest BCUT2D eigenvalue weighted by Gasteiger charge is 2.25. The maximum atomic E-state index is 3.36. The highest BCUT2D eigenvalue weighted by Crippen LogP contribution is 2.36. The Morgan fingerprint density at radius 1 is 0.731 bits per heavy atom. The van der Waals surface area contributed by atoms with Gasteiger partial charge in [0.05, 0.1) is 0 Å². The molecule has 0 saturated carbocycles. The summed E-state index contributed by atoms with van der Waals surface area (Å²) in [4.78, 5) is 0. The molecule has 0 heteroatoms. The third-order valence-electron chi connectivity index (χ3n) is 5.01. The lowest BCUT2D eigenvalue weighted by Crippen LogP contribution is -2.21. The highest BCUT2D eigenvalue weighted by atomic mass is 14.3. The van der Waals surface area contributed by atoms with E-state index in [0.717, 1.165) is 35.4 Å². The van der Waals surface area contributed by atoms with Crippen LogP contribution < -0.4 is 0 Å². The van der Waals surface area contributed by atoms with Crippen LogP contribution in [0.5, 0.6) is 0 Å². The Hall–Kier alpha value is -2.70. The van der Waals surface area contributed by atoms with Gasteiger partial charge in [-0.1, -0.05) is 68.7 Å². The highest BCUT2D eigenvalue weighted by molar-refractivity contribution is 5.47. The van der Waals surface area contributed by atoms with Crippen LogP contribution in [0.15, 0.2) is 66.2 Å². The molecule has 130 valence electrons. The van der Waals surface area contributed by atoms with Crippen molar-refractivity contribution in [3.8, 4) is 23.7 Å². The molecule has 1 aliphatic rings. The van der Waals surface area contributed by atoms with E-state index in [2.05, 4.69) is 62.7 Å². The molecule has 2 aromatic carbocycles. The van der Waals surface area contributed by atoms with Gasteiger partial charge in [-0.2, -0.15) is 0 Å². The summed E-state index contributed by atoms with van der Waals surface area (Å²) in [6, 6.07) is 18.3. The largest absolute Gasteiger partial charge is 0.0726 e. The second-order valence-corrected chi connectivity index (χ2v) is 8.01. The van der Waals surface area contributed by atoms with Gasteiger partial charge in [0.25, 0.3) is 0 Å². The molecule has 1 unspecified atom stereocenters. The third kappa shape index (κ3) is 5.15. The van der Waals surface area contributed by atoms with E-state index in [1.165, 1.54) is 12.0 Å². The predicted octanol–water partition coefficient (Wildman–Crippen LogP) is 6.21. The summed E-state index contributed by atoms with van der Waals surface area (Å²) in [7, 11) is 0. The van der Waals surface area contributed by atoms with Crippen LogP contribution in [0.1, 0.15) is 56.7 Å². The van der Waals surface area contributed by atoms with Crippen molar-refractivity contribution in [3.05, 3.63) is 82.9 Å². The molecule has 0 amide bonds. The molecule has 0 bridgehead atoms. The lowest BCUT2D eigenvalue weighted by Gasteiger charge is -2.32. The van der Waals surface area contributed by atoms with Gasteiger partial charge in [-0.15, -0.1) is 0 Å². The standard InChI is InChI=1S/C26H26/c1-26(2,3)25-19-17-24(18-20-25)16-15-23-13-11-22(12-14-23)10-9-21-7-5-4-6-8-21/h4-8,11-14,17,25H,18-20H2,1-3H3. The average molecular weight is 338 g/mol. The molecule has 0 saturated heterocycles. The van der Waals surface area contributed by atoms with Crippen LogP contribution in [0.3, 0.4) is 0 Å². The third-order valence-corrected chi connectivity index (χ3v) is 5.01. The van der Waals surface area contributed by atoms with Gasteiger partial charge >= 0.3 is 0 Å². The Balaban J connectivity index is 1.63. The molecule has 1 atom stereocenters. The van der Waals surface area contributed by atoms with Crippen LogP contribution in [-0.2, 0) is 0 Å². The lowest BCUT2D eigenvalue weighted by atomic mass is 9.73. The SMILES string of the molecule is CC(C)(C)C1CC=C(C#Cc2ccc(C#Cc3ccccc3)cc2)CC1. The van der Waals surface area contributed by atoms with Crippen molar-refractivity contribution >= 4 is 0 Å². The van der Waals surface area contributed by atoms with E-state index in [0.29, 0.717) is 5.41 Å². The molecule has 0 radical (unpaired) electrons. The van der Waals surface area contributed by atoms with E-state index in [9.17, 15) is 0 Å². The minimum atomic E-state index is 0.395. The molecule has 26 heavy (non-hydrogen) atoms. The fraction of sp³-hybridized carbons (Fsp3) is 0.308. The second-order valence-electron chi connectivity index (χ2n) is 8.01. The van der Waals surface area contributed by atoms with Crippen molar-refractivity contribution in [3.63, 3.8) is 0 Å². The normalized spacial score (nSPS) is 16.6. The van der Waals surface area contributed by atoms with Crippen molar-refractivity contribution in [2.75, 3.05) is 0 Å². The van der Waals surface area contributed by atoms with Gasteiger partial charge in [0, 0.05) is 16.7 Å². The Kier molecular flexibility index (Phi) is 5.65. The fourth-order valence-electron chi connectivity index (χ4n) is 3.19. The van der Waals surface area contributed by atoms with Crippen LogP contribution in [-0.4, -0.2) is 0 Å². The Labute approximate surface area is 158 Å². The zero-order chi connectivity index (χ0) is 18.4. The first-order valence-electron chi connectivity index (χ1n) is 9.39. The van der Waals surface area contributed by atoms with Crippen LogP contribution >= 0.6 is 0 Å².